The van der Waals surface area contributed by atoms with E-state index in [0.717, 1.165) is 0 Å². The Labute approximate surface area is 275 Å². The maximum Gasteiger partial charge on any atom is 0.317 e. The smallest absolute Gasteiger partial charge is 0.317 e. The first-order valence-corrected chi connectivity index (χ1v) is 16.5. The molecule has 18 nitrogen and oxygen atoms in total. The molecule has 3 saturated heterocycles. The Bertz CT molecular complexity index is 1070. The molecular weight excluding hydrogens is 648 g/mol. The average molecular weight is 697 g/mol. The maximum atomic E-state index is 11.7. The third-order valence-corrected chi connectivity index (χ3v) is 10.2. The summed E-state index contributed by atoms with van der Waals surface area (Å²) in [4.78, 5) is 22.5. The zero-order valence-corrected chi connectivity index (χ0v) is 26.2. The van der Waals surface area contributed by atoms with Crippen LogP contribution in [0.1, 0.15) is 51.4 Å². The number of hydrogen-bond acceptors (Lipinski definition) is 17. The van der Waals surface area contributed by atoms with Crippen molar-refractivity contribution in [2.75, 3.05) is 13.2 Å². The van der Waals surface area contributed by atoms with Gasteiger partial charge in [0, 0.05) is 12.3 Å². The first-order valence-electron chi connectivity index (χ1n) is 16.5. The number of aliphatic hydroxyl groups excluding tert-OH is 9. The first kappa shape index (κ1) is 37.6. The minimum atomic E-state index is -1.80. The normalized spacial score (nSPS) is 48.4. The summed E-state index contributed by atoms with van der Waals surface area (Å²) in [6.07, 6.45) is -18.3. The zero-order valence-electron chi connectivity index (χ0n) is 26.2. The molecule has 10 N–H and O–H groups in total. The zero-order chi connectivity index (χ0) is 34.9. The number of ether oxygens (including phenoxy) is 6. The highest BCUT2D eigenvalue weighted by Gasteiger charge is 2.53. The molecular formula is C30H48O18. The van der Waals surface area contributed by atoms with E-state index in [1.54, 1.807) is 0 Å². The molecule has 0 aromatic carbocycles. The van der Waals surface area contributed by atoms with Gasteiger partial charge < -0.3 is 79.5 Å². The van der Waals surface area contributed by atoms with Crippen molar-refractivity contribution in [1.29, 1.82) is 0 Å². The fourth-order valence-corrected chi connectivity index (χ4v) is 7.55. The molecule has 2 saturated carbocycles. The van der Waals surface area contributed by atoms with Crippen molar-refractivity contribution in [2.45, 2.75) is 149 Å². The van der Waals surface area contributed by atoms with Gasteiger partial charge in [-0.15, -0.1) is 0 Å². The number of carboxylic acid groups (broad SMARTS) is 1. The van der Waals surface area contributed by atoms with Gasteiger partial charge in [0.15, 0.2) is 12.6 Å². The average Bonchev–Trinajstić information content (AvgIpc) is 3.04. The fraction of sp³-hybridized carbons (Fsp3) is 0.933. The van der Waals surface area contributed by atoms with Gasteiger partial charge in [0.05, 0.1) is 43.2 Å². The van der Waals surface area contributed by atoms with Crippen molar-refractivity contribution in [3.8, 4) is 0 Å². The number of fused-ring (bicyclic) bond motifs is 1. The molecule has 5 fully saturated rings. The predicted octanol–water partition coefficient (Wildman–Crippen LogP) is -4.14. The van der Waals surface area contributed by atoms with Crippen LogP contribution in [0.5, 0.6) is 0 Å². The number of aliphatic carboxylic acids is 1. The van der Waals surface area contributed by atoms with Crippen LogP contribution in [0.3, 0.4) is 0 Å². The van der Waals surface area contributed by atoms with Crippen LogP contribution < -0.4 is 0 Å². The Kier molecular flexibility index (Phi) is 12.7. The van der Waals surface area contributed by atoms with Gasteiger partial charge >= 0.3 is 11.9 Å². The lowest BCUT2D eigenvalue weighted by Gasteiger charge is -2.52. The Morgan fingerprint density at radius 1 is 0.646 bits per heavy atom. The molecule has 5 aliphatic rings. The Balaban J connectivity index is 1.33. The number of aliphatic hydroxyl groups is 9. The highest BCUT2D eigenvalue weighted by atomic mass is 16.7. The van der Waals surface area contributed by atoms with E-state index in [0.29, 0.717) is 25.7 Å². The lowest BCUT2D eigenvalue weighted by Crippen LogP contribution is -2.63. The second-order valence-corrected chi connectivity index (χ2v) is 13.5. The largest absolute Gasteiger partial charge is 0.481 e. The van der Waals surface area contributed by atoms with E-state index in [4.69, 9.17) is 33.5 Å². The van der Waals surface area contributed by atoms with E-state index in [2.05, 4.69) is 0 Å². The lowest BCUT2D eigenvalue weighted by molar-refractivity contribution is -0.344. The van der Waals surface area contributed by atoms with Crippen molar-refractivity contribution >= 4 is 11.9 Å². The quantitative estimate of drug-likeness (QED) is 0.0766. The van der Waals surface area contributed by atoms with E-state index in [1.165, 1.54) is 0 Å². The molecule has 0 aromatic heterocycles. The molecule has 5 rings (SSSR count). The molecule has 16 atom stereocenters. The van der Waals surface area contributed by atoms with Crippen molar-refractivity contribution in [1.82, 2.24) is 0 Å². The van der Waals surface area contributed by atoms with Crippen molar-refractivity contribution < 1.29 is 89.1 Å². The number of rotatable bonds is 10. The predicted molar refractivity (Wildman–Crippen MR) is 153 cm³/mol. The van der Waals surface area contributed by atoms with Crippen LogP contribution in [0.25, 0.3) is 0 Å². The topological polar surface area (TPSA) is 292 Å². The molecule has 16 unspecified atom stereocenters. The molecule has 0 radical (unpaired) electrons. The monoisotopic (exact) mass is 696 g/mol. The van der Waals surface area contributed by atoms with Crippen LogP contribution in [-0.4, -0.2) is 174 Å². The molecule has 276 valence electrons. The second kappa shape index (κ2) is 16.2. The number of carboxylic acids is 1. The summed E-state index contributed by atoms with van der Waals surface area (Å²) in [5, 5.41) is 102. The summed E-state index contributed by atoms with van der Waals surface area (Å²) in [6, 6.07) is 0. The van der Waals surface area contributed by atoms with Crippen LogP contribution in [0.4, 0.5) is 0 Å². The molecule has 3 heterocycles. The van der Waals surface area contributed by atoms with Gasteiger partial charge in [0.25, 0.3) is 0 Å². The van der Waals surface area contributed by atoms with E-state index in [-0.39, 0.29) is 25.2 Å². The molecule has 0 bridgehead atoms. The number of esters is 1. The summed E-state index contributed by atoms with van der Waals surface area (Å²) >= 11 is 0. The van der Waals surface area contributed by atoms with Crippen LogP contribution in [-0.2, 0) is 38.0 Å². The molecule has 18 heteroatoms. The third kappa shape index (κ3) is 8.46. The summed E-state index contributed by atoms with van der Waals surface area (Å²) in [7, 11) is 0. The Hall–Kier alpha value is -1.62. The molecule has 0 aromatic rings. The number of carbonyl (C=O) groups is 2. The van der Waals surface area contributed by atoms with E-state index >= 15 is 0 Å². The minimum Gasteiger partial charge on any atom is -0.481 e. The SMILES string of the molecule is O=C(O)CC(=O)OCC1OC(OC2CC(O)CC3OC(C4CCC(O)CC4)C(OC4OC(CO)C(O)C(O)C4O)CC23)C(O)C(O)C1O. The number of hydrogen-bond donors (Lipinski definition) is 10. The summed E-state index contributed by atoms with van der Waals surface area (Å²) < 4.78 is 35.1. The highest BCUT2D eigenvalue weighted by Crippen LogP contribution is 2.45. The lowest BCUT2D eigenvalue weighted by atomic mass is 9.73. The van der Waals surface area contributed by atoms with Crippen LogP contribution >= 0.6 is 0 Å². The van der Waals surface area contributed by atoms with Gasteiger partial charge in [-0.2, -0.15) is 0 Å². The second-order valence-electron chi connectivity index (χ2n) is 13.5. The van der Waals surface area contributed by atoms with Crippen molar-refractivity contribution in [2.24, 2.45) is 11.8 Å². The van der Waals surface area contributed by atoms with Gasteiger partial charge in [-0.3, -0.25) is 9.59 Å². The van der Waals surface area contributed by atoms with Gasteiger partial charge in [-0.25, -0.2) is 0 Å². The summed E-state index contributed by atoms with van der Waals surface area (Å²) in [5.41, 5.74) is 0. The van der Waals surface area contributed by atoms with Crippen LogP contribution in [0.2, 0.25) is 0 Å². The Morgan fingerprint density at radius 3 is 1.83 bits per heavy atom. The molecule has 2 aliphatic carbocycles. The van der Waals surface area contributed by atoms with E-state index < -0.39 is 136 Å². The van der Waals surface area contributed by atoms with Crippen molar-refractivity contribution in [3.05, 3.63) is 0 Å². The fourth-order valence-electron chi connectivity index (χ4n) is 7.55. The summed E-state index contributed by atoms with van der Waals surface area (Å²) in [5.74, 6) is -3.16. The summed E-state index contributed by atoms with van der Waals surface area (Å²) in [6.45, 7) is -1.30. The minimum absolute atomic E-state index is 0.0427. The first-order chi connectivity index (χ1) is 22.8. The van der Waals surface area contributed by atoms with Gasteiger partial charge in [0.2, 0.25) is 0 Å². The maximum absolute atomic E-state index is 11.7. The molecule has 0 spiro atoms. The van der Waals surface area contributed by atoms with E-state index in [1.807, 2.05) is 0 Å². The molecule has 0 amide bonds. The standard InChI is InChI=1S/C30H48O18/c31-9-18-22(37)24(39)26(41)30(47-18)46-17-7-14-15(44-28(17)11-1-3-12(32)4-2-11)5-13(33)6-16(14)45-29-27(42)25(40)23(38)19(48-29)10-43-21(36)8-20(34)35/h11-19,22-33,37-42H,1-10H2,(H,34,35). The van der Waals surface area contributed by atoms with E-state index in [9.17, 15) is 55.5 Å². The van der Waals surface area contributed by atoms with Crippen LogP contribution in [0.15, 0.2) is 0 Å². The highest BCUT2D eigenvalue weighted by molar-refractivity contribution is 5.90. The van der Waals surface area contributed by atoms with Gasteiger partial charge in [-0.1, -0.05) is 0 Å². The van der Waals surface area contributed by atoms with Crippen molar-refractivity contribution in [3.63, 3.8) is 0 Å². The van der Waals surface area contributed by atoms with Gasteiger partial charge in [0.1, 0.15) is 61.9 Å². The third-order valence-electron chi connectivity index (χ3n) is 10.2. The van der Waals surface area contributed by atoms with Crippen LogP contribution in [0, 0.1) is 11.8 Å². The molecule has 3 aliphatic heterocycles. The number of carbonyl (C=O) groups excluding carboxylic acids is 1. The molecule has 48 heavy (non-hydrogen) atoms. The van der Waals surface area contributed by atoms with Gasteiger partial charge in [-0.05, 0) is 44.4 Å². The Morgan fingerprint density at radius 2 is 1.23 bits per heavy atom.